The fourth-order valence-corrected chi connectivity index (χ4v) is 1.43. The fraction of sp³-hybridized carbons (Fsp3) is 0.429. The number of ketones is 1. The van der Waals surface area contributed by atoms with Crippen LogP contribution < -0.4 is 10.1 Å². The number of anilines is 1. The van der Waals surface area contributed by atoms with Gasteiger partial charge in [0.05, 0.1) is 11.8 Å². The van der Waals surface area contributed by atoms with Crippen LogP contribution in [0.5, 0.6) is 5.75 Å². The van der Waals surface area contributed by atoms with Crippen molar-refractivity contribution in [1.29, 1.82) is 0 Å². The van der Waals surface area contributed by atoms with Crippen LogP contribution in [0.25, 0.3) is 0 Å². The minimum Gasteiger partial charge on any atom is -0.489 e. The van der Waals surface area contributed by atoms with Crippen molar-refractivity contribution in [2.45, 2.75) is 39.7 Å². The normalized spacial score (nSPS) is 10.2. The molecule has 0 bridgehead atoms. The van der Waals surface area contributed by atoms with Crippen molar-refractivity contribution in [3.8, 4) is 5.75 Å². The summed E-state index contributed by atoms with van der Waals surface area (Å²) in [5.74, 6) is 0.477. The topological polar surface area (TPSA) is 55.4 Å². The maximum absolute atomic E-state index is 11.6. The number of carbonyl (C=O) groups is 2. The molecule has 0 radical (unpaired) electrons. The Morgan fingerprint density at radius 1 is 1.22 bits per heavy atom. The predicted octanol–water partition coefficient (Wildman–Crippen LogP) is 2.78. The summed E-state index contributed by atoms with van der Waals surface area (Å²) in [5.41, 5.74) is 0.639. The molecule has 0 saturated carbocycles. The fourth-order valence-electron chi connectivity index (χ4n) is 1.43. The molecule has 1 amide bonds. The molecule has 4 heteroatoms. The Labute approximate surface area is 107 Å². The van der Waals surface area contributed by atoms with E-state index in [-0.39, 0.29) is 30.6 Å². The lowest BCUT2D eigenvalue weighted by Crippen LogP contribution is -2.14. The van der Waals surface area contributed by atoms with Gasteiger partial charge < -0.3 is 14.8 Å². The SMILES string of the molecule is CC(=O)CCC(=O)Nc1ccccc1OC(C)C. The number of benzene rings is 1. The van der Waals surface area contributed by atoms with Gasteiger partial charge in [-0.25, -0.2) is 0 Å². The van der Waals surface area contributed by atoms with Crippen LogP contribution in [0.4, 0.5) is 5.69 Å². The molecule has 0 atom stereocenters. The summed E-state index contributed by atoms with van der Waals surface area (Å²) >= 11 is 0. The monoisotopic (exact) mass is 249 g/mol. The van der Waals surface area contributed by atoms with E-state index in [9.17, 15) is 9.59 Å². The van der Waals surface area contributed by atoms with Gasteiger partial charge in [-0.1, -0.05) is 12.1 Å². The molecule has 18 heavy (non-hydrogen) atoms. The summed E-state index contributed by atoms with van der Waals surface area (Å²) in [6, 6.07) is 7.26. The largest absolute Gasteiger partial charge is 0.489 e. The van der Waals surface area contributed by atoms with E-state index in [0.717, 1.165) is 0 Å². The lowest BCUT2D eigenvalue weighted by Gasteiger charge is -2.14. The van der Waals surface area contributed by atoms with E-state index in [4.69, 9.17) is 4.74 Å². The molecule has 0 aliphatic rings. The summed E-state index contributed by atoms with van der Waals surface area (Å²) in [7, 11) is 0. The van der Waals surface area contributed by atoms with Gasteiger partial charge >= 0.3 is 0 Å². The van der Waals surface area contributed by atoms with Crippen molar-refractivity contribution in [3.05, 3.63) is 24.3 Å². The van der Waals surface area contributed by atoms with E-state index < -0.39 is 0 Å². The third-order valence-corrected chi connectivity index (χ3v) is 2.23. The van der Waals surface area contributed by atoms with Crippen molar-refractivity contribution in [2.24, 2.45) is 0 Å². The standard InChI is InChI=1S/C14H19NO3/c1-10(2)18-13-7-5-4-6-12(13)15-14(17)9-8-11(3)16/h4-7,10H,8-9H2,1-3H3,(H,15,17). The average Bonchev–Trinajstić information content (AvgIpc) is 2.28. The van der Waals surface area contributed by atoms with E-state index in [1.807, 2.05) is 26.0 Å². The van der Waals surface area contributed by atoms with Gasteiger partial charge in [0.25, 0.3) is 0 Å². The van der Waals surface area contributed by atoms with Crippen LogP contribution >= 0.6 is 0 Å². The molecule has 0 aliphatic carbocycles. The van der Waals surface area contributed by atoms with E-state index in [2.05, 4.69) is 5.32 Å². The minimum atomic E-state index is -0.176. The first kappa shape index (κ1) is 14.2. The molecule has 0 unspecified atom stereocenters. The maximum atomic E-state index is 11.6. The smallest absolute Gasteiger partial charge is 0.224 e. The van der Waals surface area contributed by atoms with Gasteiger partial charge in [0.15, 0.2) is 0 Å². The van der Waals surface area contributed by atoms with E-state index in [1.165, 1.54) is 6.92 Å². The zero-order valence-electron chi connectivity index (χ0n) is 11.0. The maximum Gasteiger partial charge on any atom is 0.224 e. The molecule has 0 heterocycles. The Morgan fingerprint density at radius 3 is 2.50 bits per heavy atom. The molecule has 1 aromatic carbocycles. The van der Waals surface area contributed by atoms with Crippen molar-refractivity contribution in [3.63, 3.8) is 0 Å². The highest BCUT2D eigenvalue weighted by molar-refractivity contribution is 5.94. The van der Waals surface area contributed by atoms with E-state index >= 15 is 0 Å². The Hall–Kier alpha value is -1.84. The van der Waals surface area contributed by atoms with Gasteiger partial charge in [0.2, 0.25) is 5.91 Å². The highest BCUT2D eigenvalue weighted by Gasteiger charge is 2.09. The molecule has 0 aromatic heterocycles. The first-order valence-corrected chi connectivity index (χ1v) is 6.04. The van der Waals surface area contributed by atoms with Crippen molar-refractivity contribution < 1.29 is 14.3 Å². The summed E-state index contributed by atoms with van der Waals surface area (Å²) in [6.45, 7) is 5.33. The first-order chi connectivity index (χ1) is 8.49. The lowest BCUT2D eigenvalue weighted by molar-refractivity contribution is -0.121. The van der Waals surface area contributed by atoms with Gasteiger partial charge in [-0.3, -0.25) is 4.79 Å². The van der Waals surface area contributed by atoms with Gasteiger partial charge in [-0.05, 0) is 32.9 Å². The number of amides is 1. The van der Waals surface area contributed by atoms with Crippen LogP contribution in [-0.2, 0) is 9.59 Å². The summed E-state index contributed by atoms with van der Waals surface area (Å²) < 4.78 is 5.59. The third kappa shape index (κ3) is 4.99. The Kier molecular flexibility index (Phi) is 5.36. The van der Waals surface area contributed by atoms with Crippen LogP contribution in [0.3, 0.4) is 0 Å². The number of Topliss-reactive ketones (excluding diaryl/α,β-unsaturated/α-hetero) is 1. The Balaban J connectivity index is 2.65. The van der Waals surface area contributed by atoms with Crippen LogP contribution in [0, 0.1) is 0 Å². The van der Waals surface area contributed by atoms with Crippen LogP contribution in [0.15, 0.2) is 24.3 Å². The molecule has 4 nitrogen and oxygen atoms in total. The van der Waals surface area contributed by atoms with Crippen molar-refractivity contribution in [2.75, 3.05) is 5.32 Å². The lowest BCUT2D eigenvalue weighted by atomic mass is 10.2. The van der Waals surface area contributed by atoms with Crippen molar-refractivity contribution in [1.82, 2.24) is 0 Å². The average molecular weight is 249 g/mol. The minimum absolute atomic E-state index is 0.0110. The number of hydrogen-bond acceptors (Lipinski definition) is 3. The molecule has 98 valence electrons. The van der Waals surface area contributed by atoms with Crippen LogP contribution in [0.2, 0.25) is 0 Å². The van der Waals surface area contributed by atoms with Crippen LogP contribution in [-0.4, -0.2) is 17.8 Å². The molecular formula is C14H19NO3. The summed E-state index contributed by atoms with van der Waals surface area (Å²) in [5, 5.41) is 2.76. The molecule has 0 spiro atoms. The number of ether oxygens (including phenoxy) is 1. The first-order valence-electron chi connectivity index (χ1n) is 6.04. The molecule has 1 aromatic rings. The predicted molar refractivity (Wildman–Crippen MR) is 70.8 cm³/mol. The zero-order valence-corrected chi connectivity index (χ0v) is 11.0. The second-order valence-electron chi connectivity index (χ2n) is 4.41. The van der Waals surface area contributed by atoms with E-state index in [0.29, 0.717) is 11.4 Å². The molecular weight excluding hydrogens is 230 g/mol. The highest BCUT2D eigenvalue weighted by atomic mass is 16.5. The molecule has 0 fully saturated rings. The Bertz CT molecular complexity index is 427. The molecule has 0 aliphatic heterocycles. The molecule has 0 saturated heterocycles. The second-order valence-corrected chi connectivity index (χ2v) is 4.41. The Morgan fingerprint density at radius 2 is 1.89 bits per heavy atom. The highest BCUT2D eigenvalue weighted by Crippen LogP contribution is 2.24. The second kappa shape index (κ2) is 6.79. The van der Waals surface area contributed by atoms with E-state index in [1.54, 1.807) is 12.1 Å². The quantitative estimate of drug-likeness (QED) is 0.843. The van der Waals surface area contributed by atoms with Gasteiger partial charge in [-0.15, -0.1) is 0 Å². The van der Waals surface area contributed by atoms with Gasteiger partial charge in [0.1, 0.15) is 11.5 Å². The van der Waals surface area contributed by atoms with Gasteiger partial charge in [0, 0.05) is 12.8 Å². The zero-order chi connectivity index (χ0) is 13.5. The molecule has 1 rings (SSSR count). The van der Waals surface area contributed by atoms with Crippen LogP contribution in [0.1, 0.15) is 33.6 Å². The summed E-state index contributed by atoms with van der Waals surface area (Å²) in [6.07, 6.45) is 0.505. The number of hydrogen-bond donors (Lipinski definition) is 1. The molecule has 1 N–H and O–H groups in total. The number of nitrogens with one attached hydrogen (secondary N) is 1. The summed E-state index contributed by atoms with van der Waals surface area (Å²) in [4.78, 5) is 22.4. The number of para-hydroxylation sites is 2. The number of carbonyl (C=O) groups excluding carboxylic acids is 2. The third-order valence-electron chi connectivity index (χ3n) is 2.23. The van der Waals surface area contributed by atoms with Gasteiger partial charge in [-0.2, -0.15) is 0 Å². The number of rotatable bonds is 6. The van der Waals surface area contributed by atoms with Crippen molar-refractivity contribution >= 4 is 17.4 Å².